The lowest BCUT2D eigenvalue weighted by molar-refractivity contribution is -0.105. The van der Waals surface area contributed by atoms with Gasteiger partial charge in [0, 0.05) is 4.88 Å². The zero-order valence-corrected chi connectivity index (χ0v) is 7.90. The molecule has 1 rings (SSSR count). The van der Waals surface area contributed by atoms with Crippen LogP contribution in [0.25, 0.3) is 0 Å². The monoisotopic (exact) mass is 185 g/mol. The highest BCUT2D eigenvalue weighted by molar-refractivity contribution is 7.16. The van der Waals surface area contributed by atoms with Crippen molar-refractivity contribution in [1.29, 1.82) is 0 Å². The van der Waals surface area contributed by atoms with Crippen molar-refractivity contribution >= 4 is 22.7 Å². The minimum absolute atomic E-state index is 0.615. The number of ether oxygens (including phenoxy) is 1. The van der Waals surface area contributed by atoms with Crippen LogP contribution in [0, 0.1) is 6.92 Å². The highest BCUT2D eigenvalue weighted by Crippen LogP contribution is 2.33. The fourth-order valence-electron chi connectivity index (χ4n) is 0.908. The second kappa shape index (κ2) is 4.11. The summed E-state index contributed by atoms with van der Waals surface area (Å²) in [5, 5.41) is 3.38. The molecule has 0 saturated carbocycles. The molecule has 1 aromatic heterocycles. The first kappa shape index (κ1) is 9.06. The van der Waals surface area contributed by atoms with Crippen LogP contribution < -0.4 is 10.1 Å². The fraction of sp³-hybridized carbons (Fsp3) is 0.375. The number of hydrogen-bond donors (Lipinski definition) is 1. The van der Waals surface area contributed by atoms with Crippen LogP contribution in [0.1, 0.15) is 11.8 Å². The van der Waals surface area contributed by atoms with Gasteiger partial charge < -0.3 is 10.1 Å². The standard InChI is InChI=1S/C8H11NO2S/c1-3-11-7-4-6(2)12-8(7)9-5-10/h4-5H,3H2,1-2H3,(H,9,10). The van der Waals surface area contributed by atoms with Crippen molar-refractivity contribution in [2.24, 2.45) is 0 Å². The predicted octanol–water partition coefficient (Wildman–Crippen LogP) is 2.02. The number of anilines is 1. The molecule has 0 radical (unpaired) electrons. The molecule has 0 aromatic carbocycles. The third kappa shape index (κ3) is 1.98. The Morgan fingerprint density at radius 3 is 3.08 bits per heavy atom. The Hall–Kier alpha value is -1.03. The van der Waals surface area contributed by atoms with Gasteiger partial charge in [0.15, 0.2) is 5.75 Å². The molecule has 3 nitrogen and oxygen atoms in total. The van der Waals surface area contributed by atoms with Gasteiger partial charge in [-0.25, -0.2) is 0 Å². The number of amides is 1. The van der Waals surface area contributed by atoms with Crippen LogP contribution in [0.3, 0.4) is 0 Å². The summed E-state index contributed by atoms with van der Waals surface area (Å²) < 4.78 is 5.30. The van der Waals surface area contributed by atoms with E-state index in [0.29, 0.717) is 13.0 Å². The van der Waals surface area contributed by atoms with Gasteiger partial charge in [-0.2, -0.15) is 0 Å². The van der Waals surface area contributed by atoms with Crippen molar-refractivity contribution in [3.8, 4) is 5.75 Å². The maximum Gasteiger partial charge on any atom is 0.212 e. The first-order valence-corrected chi connectivity index (χ1v) is 4.53. The van der Waals surface area contributed by atoms with Crippen LogP contribution in [-0.4, -0.2) is 13.0 Å². The Bertz CT molecular complexity index is 270. The topological polar surface area (TPSA) is 38.3 Å². The Labute approximate surface area is 75.4 Å². The van der Waals surface area contributed by atoms with Crippen molar-refractivity contribution in [3.05, 3.63) is 10.9 Å². The van der Waals surface area contributed by atoms with Crippen LogP contribution in [0.4, 0.5) is 5.00 Å². The lowest BCUT2D eigenvalue weighted by atomic mass is 10.4. The van der Waals surface area contributed by atoms with Crippen LogP contribution in [-0.2, 0) is 4.79 Å². The molecule has 66 valence electrons. The molecular formula is C8H11NO2S. The number of carbonyl (C=O) groups excluding carboxylic acids is 1. The number of thiophene rings is 1. The van der Waals surface area contributed by atoms with Crippen LogP contribution in [0.15, 0.2) is 6.07 Å². The summed E-state index contributed by atoms with van der Waals surface area (Å²) in [6, 6.07) is 1.92. The van der Waals surface area contributed by atoms with Gasteiger partial charge in [0.05, 0.1) is 6.61 Å². The Morgan fingerprint density at radius 1 is 1.75 bits per heavy atom. The van der Waals surface area contributed by atoms with Crippen molar-refractivity contribution in [1.82, 2.24) is 0 Å². The van der Waals surface area contributed by atoms with E-state index in [1.165, 1.54) is 11.3 Å². The molecule has 0 fully saturated rings. The summed E-state index contributed by atoms with van der Waals surface area (Å²) in [6.07, 6.45) is 0.661. The number of nitrogens with one attached hydrogen (secondary N) is 1. The van der Waals surface area contributed by atoms with Gasteiger partial charge in [-0.05, 0) is 19.9 Å². The number of aryl methyl sites for hydroxylation is 1. The average molecular weight is 185 g/mol. The normalized spacial score (nSPS) is 9.50. The van der Waals surface area contributed by atoms with Crippen molar-refractivity contribution in [2.75, 3.05) is 11.9 Å². The molecule has 0 bridgehead atoms. The van der Waals surface area contributed by atoms with E-state index in [9.17, 15) is 4.79 Å². The van der Waals surface area contributed by atoms with E-state index in [1.807, 2.05) is 19.9 Å². The minimum atomic E-state index is 0.615. The molecule has 1 aromatic rings. The molecule has 0 aliphatic heterocycles. The number of rotatable bonds is 4. The highest BCUT2D eigenvalue weighted by atomic mass is 32.1. The molecule has 1 amide bonds. The first-order valence-electron chi connectivity index (χ1n) is 3.71. The molecule has 0 aliphatic carbocycles. The third-order valence-corrected chi connectivity index (χ3v) is 2.27. The summed E-state index contributed by atoms with van der Waals surface area (Å²) in [6.45, 7) is 4.50. The van der Waals surface area contributed by atoms with E-state index in [4.69, 9.17) is 4.74 Å². The van der Waals surface area contributed by atoms with Gasteiger partial charge in [-0.3, -0.25) is 4.79 Å². The summed E-state index contributed by atoms with van der Waals surface area (Å²) in [4.78, 5) is 11.3. The van der Waals surface area contributed by atoms with E-state index in [0.717, 1.165) is 15.6 Å². The predicted molar refractivity (Wildman–Crippen MR) is 49.9 cm³/mol. The van der Waals surface area contributed by atoms with Gasteiger partial charge in [0.2, 0.25) is 6.41 Å². The molecule has 0 atom stereocenters. The molecule has 1 N–H and O–H groups in total. The molecule has 0 saturated heterocycles. The molecule has 12 heavy (non-hydrogen) atoms. The van der Waals surface area contributed by atoms with Crippen molar-refractivity contribution in [2.45, 2.75) is 13.8 Å². The summed E-state index contributed by atoms with van der Waals surface area (Å²) in [7, 11) is 0. The van der Waals surface area contributed by atoms with E-state index >= 15 is 0 Å². The van der Waals surface area contributed by atoms with Gasteiger partial charge in [0.25, 0.3) is 0 Å². The third-order valence-electron chi connectivity index (χ3n) is 1.31. The summed E-state index contributed by atoms with van der Waals surface area (Å²) in [5.74, 6) is 0.757. The van der Waals surface area contributed by atoms with Crippen molar-refractivity contribution in [3.63, 3.8) is 0 Å². The molecule has 0 spiro atoms. The fourth-order valence-corrected chi connectivity index (χ4v) is 1.72. The maximum atomic E-state index is 10.2. The molecule has 0 unspecified atom stereocenters. The first-order chi connectivity index (χ1) is 5.77. The van der Waals surface area contributed by atoms with Gasteiger partial charge in [-0.1, -0.05) is 0 Å². The second-order valence-corrected chi connectivity index (χ2v) is 3.50. The summed E-state index contributed by atoms with van der Waals surface area (Å²) in [5.41, 5.74) is 0. The maximum absolute atomic E-state index is 10.2. The van der Waals surface area contributed by atoms with Gasteiger partial charge in [-0.15, -0.1) is 11.3 Å². The van der Waals surface area contributed by atoms with E-state index in [-0.39, 0.29) is 0 Å². The van der Waals surface area contributed by atoms with Crippen LogP contribution >= 0.6 is 11.3 Å². The Morgan fingerprint density at radius 2 is 2.50 bits per heavy atom. The van der Waals surface area contributed by atoms with E-state index in [1.54, 1.807) is 0 Å². The smallest absolute Gasteiger partial charge is 0.212 e. The SMILES string of the molecule is CCOc1cc(C)sc1NC=O. The Balaban J connectivity index is 2.83. The summed E-state index contributed by atoms with van der Waals surface area (Å²) >= 11 is 1.51. The lowest BCUT2D eigenvalue weighted by Crippen LogP contribution is -1.96. The van der Waals surface area contributed by atoms with Crippen molar-refractivity contribution < 1.29 is 9.53 Å². The Kier molecular flexibility index (Phi) is 3.10. The number of hydrogen-bond acceptors (Lipinski definition) is 3. The molecule has 1 heterocycles. The van der Waals surface area contributed by atoms with E-state index in [2.05, 4.69) is 5.32 Å². The lowest BCUT2D eigenvalue weighted by Gasteiger charge is -2.01. The van der Waals surface area contributed by atoms with Gasteiger partial charge >= 0.3 is 0 Å². The van der Waals surface area contributed by atoms with Crippen LogP contribution in [0.5, 0.6) is 5.75 Å². The molecular weight excluding hydrogens is 174 g/mol. The zero-order valence-electron chi connectivity index (χ0n) is 7.09. The molecule has 4 heteroatoms. The van der Waals surface area contributed by atoms with E-state index < -0.39 is 0 Å². The second-order valence-electron chi connectivity index (χ2n) is 2.25. The minimum Gasteiger partial charge on any atom is -0.491 e. The average Bonchev–Trinajstić information content (AvgIpc) is 2.33. The highest BCUT2D eigenvalue weighted by Gasteiger charge is 2.05. The molecule has 0 aliphatic rings. The number of carbonyl (C=O) groups is 1. The quantitative estimate of drug-likeness (QED) is 0.729. The van der Waals surface area contributed by atoms with Gasteiger partial charge in [0.1, 0.15) is 5.00 Å². The zero-order chi connectivity index (χ0) is 8.97. The van der Waals surface area contributed by atoms with Crippen LogP contribution in [0.2, 0.25) is 0 Å². The largest absolute Gasteiger partial charge is 0.491 e.